The standard InChI is InChI=1S/C26H22ClF6NO3/c1-16(24(35)34-19-9-7-17(8-10-19)25(28,29)30)36-20-11-13-21(14-12-20)37-23-6-4-2-3-5-18(15-22(23)27)26(31,32)33/h3,5,7-16H,2,4,6H2,1H3,(H,34,35)/b5-3-,18-15-,23-22-. The lowest BCUT2D eigenvalue weighted by molar-refractivity contribution is -0.137. The Kier molecular flexibility index (Phi) is 8.96. The molecule has 2 aromatic rings. The van der Waals surface area contributed by atoms with E-state index in [9.17, 15) is 31.1 Å². The second-order valence-corrected chi connectivity index (χ2v) is 8.47. The van der Waals surface area contributed by atoms with E-state index in [1.54, 1.807) is 0 Å². The highest BCUT2D eigenvalue weighted by atomic mass is 35.5. The van der Waals surface area contributed by atoms with Gasteiger partial charge in [-0.1, -0.05) is 23.8 Å². The van der Waals surface area contributed by atoms with Gasteiger partial charge in [0.2, 0.25) is 0 Å². The number of halogens is 7. The molecule has 0 aromatic heterocycles. The molecular formula is C26H22ClF6NO3. The van der Waals surface area contributed by atoms with Crippen LogP contribution >= 0.6 is 11.6 Å². The molecule has 0 fully saturated rings. The Labute approximate surface area is 214 Å². The molecule has 198 valence electrons. The molecule has 11 heteroatoms. The first-order chi connectivity index (χ1) is 17.3. The summed E-state index contributed by atoms with van der Waals surface area (Å²) in [4.78, 5) is 12.4. The minimum atomic E-state index is -4.55. The Balaban J connectivity index is 1.63. The highest BCUT2D eigenvalue weighted by Crippen LogP contribution is 2.33. The Morgan fingerprint density at radius 1 is 0.946 bits per heavy atom. The van der Waals surface area contributed by atoms with Crippen molar-refractivity contribution in [1.82, 2.24) is 0 Å². The monoisotopic (exact) mass is 545 g/mol. The molecule has 0 saturated carbocycles. The molecule has 3 rings (SSSR count). The van der Waals surface area contributed by atoms with Crippen LogP contribution in [0.2, 0.25) is 0 Å². The second-order valence-electron chi connectivity index (χ2n) is 8.06. The van der Waals surface area contributed by atoms with E-state index in [-0.39, 0.29) is 16.5 Å². The number of rotatable bonds is 6. The number of hydrogen-bond acceptors (Lipinski definition) is 3. The number of ether oxygens (including phenoxy) is 2. The summed E-state index contributed by atoms with van der Waals surface area (Å²) in [5.74, 6) is 0.200. The quantitative estimate of drug-likeness (QED) is 0.372. The van der Waals surface area contributed by atoms with Crippen LogP contribution in [-0.2, 0) is 11.0 Å². The van der Waals surface area contributed by atoms with E-state index in [0.717, 1.165) is 36.4 Å². The second kappa shape index (κ2) is 11.8. The van der Waals surface area contributed by atoms with Crippen molar-refractivity contribution in [3.8, 4) is 11.5 Å². The van der Waals surface area contributed by atoms with Crippen LogP contribution < -0.4 is 14.8 Å². The minimum absolute atomic E-state index is 0.159. The molecule has 0 radical (unpaired) electrons. The van der Waals surface area contributed by atoms with Crippen LogP contribution in [-0.4, -0.2) is 18.2 Å². The number of carbonyl (C=O) groups excluding carboxylic acids is 1. The van der Waals surface area contributed by atoms with Crippen molar-refractivity contribution in [2.24, 2.45) is 0 Å². The maximum atomic E-state index is 13.2. The number of hydrogen-bond donors (Lipinski definition) is 1. The summed E-state index contributed by atoms with van der Waals surface area (Å²) in [5.41, 5.74) is -1.54. The zero-order valence-electron chi connectivity index (χ0n) is 19.4. The zero-order chi connectivity index (χ0) is 27.2. The van der Waals surface area contributed by atoms with Gasteiger partial charge in [-0.15, -0.1) is 0 Å². The van der Waals surface area contributed by atoms with Gasteiger partial charge in [0, 0.05) is 12.1 Å². The van der Waals surface area contributed by atoms with E-state index in [4.69, 9.17) is 21.1 Å². The summed E-state index contributed by atoms with van der Waals surface area (Å²) in [6.07, 6.45) is -5.49. The molecule has 1 unspecified atom stereocenters. The molecule has 0 heterocycles. The Bertz CT molecular complexity index is 1180. The lowest BCUT2D eigenvalue weighted by Gasteiger charge is -2.16. The van der Waals surface area contributed by atoms with Crippen molar-refractivity contribution in [1.29, 1.82) is 0 Å². The lowest BCUT2D eigenvalue weighted by Crippen LogP contribution is -2.30. The fraction of sp³-hybridized carbons (Fsp3) is 0.269. The number of alkyl halides is 6. The van der Waals surface area contributed by atoms with Gasteiger partial charge in [-0.25, -0.2) is 0 Å². The van der Waals surface area contributed by atoms with Crippen LogP contribution in [0.3, 0.4) is 0 Å². The highest BCUT2D eigenvalue weighted by molar-refractivity contribution is 6.31. The van der Waals surface area contributed by atoms with E-state index in [1.165, 1.54) is 37.3 Å². The van der Waals surface area contributed by atoms with Crippen molar-refractivity contribution >= 4 is 23.2 Å². The van der Waals surface area contributed by atoms with Crippen molar-refractivity contribution in [2.75, 3.05) is 5.32 Å². The van der Waals surface area contributed by atoms with Gasteiger partial charge in [-0.05, 0) is 74.4 Å². The van der Waals surface area contributed by atoms with Crippen LogP contribution in [0.15, 0.2) is 83.1 Å². The van der Waals surface area contributed by atoms with Crippen molar-refractivity contribution < 1.29 is 40.6 Å². The van der Waals surface area contributed by atoms with Gasteiger partial charge in [-0.2, -0.15) is 26.3 Å². The van der Waals surface area contributed by atoms with Crippen LogP contribution in [0.5, 0.6) is 11.5 Å². The van der Waals surface area contributed by atoms with Gasteiger partial charge < -0.3 is 14.8 Å². The molecule has 2 aromatic carbocycles. The molecule has 1 aliphatic rings. The molecule has 1 N–H and O–H groups in total. The molecule has 0 aliphatic heterocycles. The number of nitrogens with one attached hydrogen (secondary N) is 1. The predicted octanol–water partition coefficient (Wildman–Crippen LogP) is 8.17. The fourth-order valence-corrected chi connectivity index (χ4v) is 3.47. The van der Waals surface area contributed by atoms with Gasteiger partial charge in [-0.3, -0.25) is 4.79 Å². The number of benzene rings is 2. The van der Waals surface area contributed by atoms with E-state index in [1.807, 2.05) is 0 Å². The molecule has 4 nitrogen and oxygen atoms in total. The van der Waals surface area contributed by atoms with Crippen LogP contribution in [0.25, 0.3) is 0 Å². The first kappa shape index (κ1) is 28.2. The topological polar surface area (TPSA) is 47.6 Å². The number of allylic oxidation sites excluding steroid dienone is 6. The number of carbonyl (C=O) groups is 1. The molecule has 1 atom stereocenters. The van der Waals surface area contributed by atoms with E-state index in [0.29, 0.717) is 30.8 Å². The Hall–Kier alpha value is -3.40. The average molecular weight is 546 g/mol. The molecule has 1 amide bonds. The van der Waals surface area contributed by atoms with Gasteiger partial charge in [0.15, 0.2) is 6.10 Å². The van der Waals surface area contributed by atoms with Gasteiger partial charge in [0.1, 0.15) is 17.3 Å². The summed E-state index contributed by atoms with van der Waals surface area (Å²) < 4.78 is 88.8. The lowest BCUT2D eigenvalue weighted by atomic mass is 10.2. The zero-order valence-corrected chi connectivity index (χ0v) is 20.2. The van der Waals surface area contributed by atoms with E-state index in [2.05, 4.69) is 5.32 Å². The van der Waals surface area contributed by atoms with E-state index >= 15 is 0 Å². The molecule has 0 saturated heterocycles. The van der Waals surface area contributed by atoms with Crippen LogP contribution in [0, 0.1) is 0 Å². The minimum Gasteiger partial charge on any atom is -0.481 e. The Morgan fingerprint density at radius 2 is 1.57 bits per heavy atom. The molecule has 1 aliphatic carbocycles. The number of anilines is 1. The first-order valence-corrected chi connectivity index (χ1v) is 11.5. The third kappa shape index (κ3) is 8.31. The van der Waals surface area contributed by atoms with Crippen molar-refractivity contribution in [3.63, 3.8) is 0 Å². The maximum absolute atomic E-state index is 13.2. The predicted molar refractivity (Wildman–Crippen MR) is 127 cm³/mol. The van der Waals surface area contributed by atoms with Crippen molar-refractivity contribution in [3.05, 3.63) is 88.7 Å². The third-order valence-electron chi connectivity index (χ3n) is 5.17. The average Bonchev–Trinajstić information content (AvgIpc) is 2.91. The fourth-order valence-electron chi connectivity index (χ4n) is 3.22. The van der Waals surface area contributed by atoms with Gasteiger partial charge in [0.25, 0.3) is 5.91 Å². The summed E-state index contributed by atoms with van der Waals surface area (Å²) in [6, 6.07) is 10.0. The highest BCUT2D eigenvalue weighted by Gasteiger charge is 2.32. The van der Waals surface area contributed by atoms with Crippen LogP contribution in [0.1, 0.15) is 31.7 Å². The number of amides is 1. The van der Waals surface area contributed by atoms with E-state index < -0.39 is 35.5 Å². The molecular weight excluding hydrogens is 524 g/mol. The molecule has 0 spiro atoms. The first-order valence-electron chi connectivity index (χ1n) is 11.1. The van der Waals surface area contributed by atoms with Crippen LogP contribution in [0.4, 0.5) is 32.0 Å². The molecule has 37 heavy (non-hydrogen) atoms. The summed E-state index contributed by atoms with van der Waals surface area (Å²) in [5, 5.41) is 2.31. The van der Waals surface area contributed by atoms with Gasteiger partial charge in [0.05, 0.1) is 16.2 Å². The third-order valence-corrected chi connectivity index (χ3v) is 5.49. The SMILES string of the molecule is CC(Oc1ccc(O/C2=C(Cl)/C=C(C(F)(F)F)/C=C\CCC2)cc1)C(=O)Nc1ccc(C(F)(F)F)cc1. The largest absolute Gasteiger partial charge is 0.481 e. The molecule has 0 bridgehead atoms. The summed E-state index contributed by atoms with van der Waals surface area (Å²) >= 11 is 6.13. The Morgan fingerprint density at radius 3 is 2.16 bits per heavy atom. The summed E-state index contributed by atoms with van der Waals surface area (Å²) in [7, 11) is 0. The smallest absolute Gasteiger partial charge is 0.416 e. The normalized spacial score (nSPS) is 19.9. The summed E-state index contributed by atoms with van der Waals surface area (Å²) in [6.45, 7) is 1.46. The maximum Gasteiger partial charge on any atom is 0.416 e. The van der Waals surface area contributed by atoms with Gasteiger partial charge >= 0.3 is 12.4 Å². The van der Waals surface area contributed by atoms with Crippen molar-refractivity contribution in [2.45, 2.75) is 44.6 Å².